The van der Waals surface area contributed by atoms with Crippen LogP contribution < -0.4 is 5.32 Å². The second-order valence-corrected chi connectivity index (χ2v) is 5.90. The number of nitrogens with zero attached hydrogens (tertiary/aromatic N) is 3. The first-order chi connectivity index (χ1) is 9.76. The normalized spacial score (nSPS) is 12.9. The van der Waals surface area contributed by atoms with Gasteiger partial charge in [0.05, 0.1) is 22.4 Å². The lowest BCUT2D eigenvalue weighted by molar-refractivity contribution is 0.484. The maximum Gasteiger partial charge on any atom is 0.0958 e. The topological polar surface area (TPSA) is 42.7 Å². The van der Waals surface area contributed by atoms with Crippen molar-refractivity contribution in [3.8, 4) is 0 Å². The van der Waals surface area contributed by atoms with E-state index in [9.17, 15) is 0 Å². The fourth-order valence-corrected chi connectivity index (χ4v) is 3.21. The van der Waals surface area contributed by atoms with Crippen LogP contribution in [0.25, 0.3) is 11.0 Å². The van der Waals surface area contributed by atoms with Gasteiger partial charge in [-0.15, -0.1) is 11.3 Å². The minimum atomic E-state index is 0.359. The third kappa shape index (κ3) is 2.73. The first-order valence-corrected chi connectivity index (χ1v) is 7.62. The maximum absolute atomic E-state index is 4.54. The number of fused-ring (bicyclic) bond motifs is 1. The van der Waals surface area contributed by atoms with E-state index in [1.807, 2.05) is 32.4 Å². The highest BCUT2D eigenvalue weighted by molar-refractivity contribution is 7.09. The van der Waals surface area contributed by atoms with Gasteiger partial charge in [0, 0.05) is 30.1 Å². The standard InChI is InChI=1S/C15H18N4S/c1-11-9-20-15(18-11)7-12(16-2)8-19-10-17-13-5-3-4-6-14(13)19/h3-6,9-10,12,16H,7-8H2,1-2H3. The summed E-state index contributed by atoms with van der Waals surface area (Å²) in [6, 6.07) is 8.60. The number of hydrogen-bond donors (Lipinski definition) is 1. The van der Waals surface area contributed by atoms with Crippen LogP contribution in [0.3, 0.4) is 0 Å². The summed E-state index contributed by atoms with van der Waals surface area (Å²) in [5.74, 6) is 0. The highest BCUT2D eigenvalue weighted by Gasteiger charge is 2.12. The van der Waals surface area contributed by atoms with Crippen molar-refractivity contribution in [2.75, 3.05) is 7.05 Å². The molecule has 0 amide bonds. The Hall–Kier alpha value is -1.72. The van der Waals surface area contributed by atoms with Crippen molar-refractivity contribution < 1.29 is 0 Å². The van der Waals surface area contributed by atoms with Gasteiger partial charge < -0.3 is 9.88 Å². The van der Waals surface area contributed by atoms with Crippen LogP contribution in [0.2, 0.25) is 0 Å². The molecule has 0 saturated heterocycles. The zero-order chi connectivity index (χ0) is 13.9. The van der Waals surface area contributed by atoms with Crippen molar-refractivity contribution in [2.24, 2.45) is 0 Å². The van der Waals surface area contributed by atoms with E-state index in [4.69, 9.17) is 0 Å². The van der Waals surface area contributed by atoms with Crippen LogP contribution in [0.4, 0.5) is 0 Å². The van der Waals surface area contributed by atoms with Crippen molar-refractivity contribution in [1.29, 1.82) is 0 Å². The van der Waals surface area contributed by atoms with Gasteiger partial charge in [-0.05, 0) is 26.1 Å². The lowest BCUT2D eigenvalue weighted by Crippen LogP contribution is -2.32. The Morgan fingerprint density at radius 2 is 2.20 bits per heavy atom. The summed E-state index contributed by atoms with van der Waals surface area (Å²) in [5, 5.41) is 6.67. The minimum absolute atomic E-state index is 0.359. The highest BCUT2D eigenvalue weighted by Crippen LogP contribution is 2.15. The second-order valence-electron chi connectivity index (χ2n) is 4.96. The van der Waals surface area contributed by atoms with E-state index in [2.05, 4.69) is 37.4 Å². The number of nitrogens with one attached hydrogen (secondary N) is 1. The predicted molar refractivity (Wildman–Crippen MR) is 83.1 cm³/mol. The third-order valence-corrected chi connectivity index (χ3v) is 4.43. The van der Waals surface area contributed by atoms with E-state index in [0.717, 1.165) is 24.2 Å². The molecule has 20 heavy (non-hydrogen) atoms. The number of hydrogen-bond acceptors (Lipinski definition) is 4. The highest BCUT2D eigenvalue weighted by atomic mass is 32.1. The van der Waals surface area contributed by atoms with Crippen molar-refractivity contribution in [3.63, 3.8) is 0 Å². The van der Waals surface area contributed by atoms with Crippen LogP contribution in [0.5, 0.6) is 0 Å². The average Bonchev–Trinajstić information content (AvgIpc) is 3.05. The van der Waals surface area contributed by atoms with Crippen molar-refractivity contribution in [1.82, 2.24) is 19.9 Å². The van der Waals surface area contributed by atoms with Gasteiger partial charge >= 0.3 is 0 Å². The molecule has 0 fully saturated rings. The smallest absolute Gasteiger partial charge is 0.0958 e. The molecule has 0 saturated carbocycles. The molecule has 1 atom stereocenters. The summed E-state index contributed by atoms with van der Waals surface area (Å²) in [6.45, 7) is 2.94. The number of benzene rings is 1. The van der Waals surface area contributed by atoms with E-state index in [-0.39, 0.29) is 0 Å². The molecule has 5 heteroatoms. The number of rotatable bonds is 5. The summed E-state index contributed by atoms with van der Waals surface area (Å²) >= 11 is 1.73. The van der Waals surface area contributed by atoms with Crippen LogP contribution >= 0.6 is 11.3 Å². The molecule has 0 spiro atoms. The maximum atomic E-state index is 4.54. The molecule has 3 aromatic rings. The Morgan fingerprint density at radius 3 is 2.95 bits per heavy atom. The molecule has 0 aliphatic heterocycles. The second kappa shape index (κ2) is 5.73. The van der Waals surface area contributed by atoms with Gasteiger partial charge in [0.2, 0.25) is 0 Å². The number of imidazole rings is 1. The summed E-state index contributed by atoms with van der Waals surface area (Å²) in [7, 11) is 2.00. The van der Waals surface area contributed by atoms with Gasteiger partial charge in [0.1, 0.15) is 0 Å². The van der Waals surface area contributed by atoms with Crippen molar-refractivity contribution in [3.05, 3.63) is 46.7 Å². The third-order valence-electron chi connectivity index (χ3n) is 3.44. The zero-order valence-corrected chi connectivity index (χ0v) is 12.5. The predicted octanol–water partition coefficient (Wildman–Crippen LogP) is 2.63. The Bertz CT molecular complexity index is 701. The molecule has 104 valence electrons. The molecular weight excluding hydrogens is 268 g/mol. The van der Waals surface area contributed by atoms with Gasteiger partial charge in [-0.1, -0.05) is 12.1 Å². The first-order valence-electron chi connectivity index (χ1n) is 6.74. The molecular formula is C15H18N4S. The Balaban J connectivity index is 1.77. The Morgan fingerprint density at radius 1 is 1.35 bits per heavy atom. The lowest BCUT2D eigenvalue weighted by atomic mass is 10.2. The van der Waals surface area contributed by atoms with Crippen LogP contribution in [-0.4, -0.2) is 27.6 Å². The van der Waals surface area contributed by atoms with Gasteiger partial charge in [-0.2, -0.15) is 0 Å². The summed E-state index contributed by atoms with van der Waals surface area (Å²) in [5.41, 5.74) is 3.34. The summed E-state index contributed by atoms with van der Waals surface area (Å²) in [4.78, 5) is 8.98. The first kappa shape index (κ1) is 13.3. The van der Waals surface area contributed by atoms with Gasteiger partial charge in [0.15, 0.2) is 0 Å². The molecule has 1 aromatic carbocycles. The molecule has 4 nitrogen and oxygen atoms in total. The quantitative estimate of drug-likeness (QED) is 0.784. The van der Waals surface area contributed by atoms with Crippen LogP contribution in [-0.2, 0) is 13.0 Å². The largest absolute Gasteiger partial charge is 0.329 e. The van der Waals surface area contributed by atoms with E-state index < -0.39 is 0 Å². The van der Waals surface area contributed by atoms with E-state index in [0.29, 0.717) is 6.04 Å². The van der Waals surface area contributed by atoms with Crippen LogP contribution in [0.15, 0.2) is 36.0 Å². The van der Waals surface area contributed by atoms with E-state index in [1.54, 1.807) is 11.3 Å². The zero-order valence-electron chi connectivity index (χ0n) is 11.7. The van der Waals surface area contributed by atoms with Gasteiger partial charge in [0.25, 0.3) is 0 Å². The van der Waals surface area contributed by atoms with Crippen molar-refractivity contribution >= 4 is 22.4 Å². The Labute approximate surface area is 122 Å². The van der Waals surface area contributed by atoms with E-state index >= 15 is 0 Å². The fourth-order valence-electron chi connectivity index (χ4n) is 2.36. The number of aromatic nitrogens is 3. The molecule has 0 bridgehead atoms. The van der Waals surface area contributed by atoms with Gasteiger partial charge in [-0.25, -0.2) is 9.97 Å². The fraction of sp³-hybridized carbons (Fsp3) is 0.333. The molecule has 2 heterocycles. The van der Waals surface area contributed by atoms with E-state index in [1.165, 1.54) is 10.5 Å². The summed E-state index contributed by atoms with van der Waals surface area (Å²) < 4.78 is 2.21. The summed E-state index contributed by atoms with van der Waals surface area (Å²) in [6.07, 6.45) is 2.86. The van der Waals surface area contributed by atoms with Crippen LogP contribution in [0, 0.1) is 6.92 Å². The molecule has 2 aromatic heterocycles. The van der Waals surface area contributed by atoms with Crippen molar-refractivity contribution in [2.45, 2.75) is 25.9 Å². The van der Waals surface area contributed by atoms with Crippen LogP contribution in [0.1, 0.15) is 10.7 Å². The molecule has 0 radical (unpaired) electrons. The molecule has 1 unspecified atom stereocenters. The van der Waals surface area contributed by atoms with Gasteiger partial charge in [-0.3, -0.25) is 0 Å². The number of aryl methyl sites for hydroxylation is 1. The SMILES string of the molecule is CNC(Cc1nc(C)cs1)Cn1cnc2ccccc21. The number of para-hydroxylation sites is 2. The number of likely N-dealkylation sites (N-methyl/N-ethyl adjacent to an activating group) is 1. The number of thiazole rings is 1. The molecule has 0 aliphatic carbocycles. The average molecular weight is 286 g/mol. The monoisotopic (exact) mass is 286 g/mol. The molecule has 3 rings (SSSR count). The molecule has 1 N–H and O–H groups in total. The molecule has 0 aliphatic rings. The minimum Gasteiger partial charge on any atom is -0.329 e. The Kier molecular flexibility index (Phi) is 3.80. The lowest BCUT2D eigenvalue weighted by Gasteiger charge is -2.16.